The van der Waals surface area contributed by atoms with Gasteiger partial charge in [0, 0.05) is 38.5 Å². The molecule has 6 heteroatoms. The molecule has 29 heavy (non-hydrogen) atoms. The number of hydrogen-bond donors (Lipinski definition) is 2. The molecule has 1 atom stereocenters. The van der Waals surface area contributed by atoms with Gasteiger partial charge in [0.1, 0.15) is 5.82 Å². The Morgan fingerprint density at radius 3 is 2.79 bits per heavy atom. The maximum atomic E-state index is 12.3. The number of H-pyrrole nitrogens is 1. The molecule has 0 saturated heterocycles. The van der Waals surface area contributed by atoms with Gasteiger partial charge in [-0.25, -0.2) is 4.98 Å². The van der Waals surface area contributed by atoms with E-state index in [9.17, 15) is 9.59 Å². The molecule has 0 radical (unpaired) electrons. The molecule has 1 aliphatic rings. The van der Waals surface area contributed by atoms with Crippen LogP contribution in [0.3, 0.4) is 0 Å². The van der Waals surface area contributed by atoms with Crippen molar-refractivity contribution in [1.82, 2.24) is 20.2 Å². The summed E-state index contributed by atoms with van der Waals surface area (Å²) in [6.07, 6.45) is 1.77. The fourth-order valence-corrected chi connectivity index (χ4v) is 3.86. The van der Waals surface area contributed by atoms with Crippen molar-refractivity contribution in [3.8, 4) is 0 Å². The molecule has 0 saturated carbocycles. The molecule has 4 rings (SSSR count). The highest BCUT2D eigenvalue weighted by atomic mass is 16.1. The van der Waals surface area contributed by atoms with Crippen molar-refractivity contribution in [2.45, 2.75) is 38.8 Å². The molecular weight excluding hydrogens is 364 g/mol. The molecular formula is C23H26N4O2. The Bertz CT molecular complexity index is 1080. The Kier molecular flexibility index (Phi) is 5.71. The minimum absolute atomic E-state index is 0.0231. The molecule has 3 aromatic rings. The van der Waals surface area contributed by atoms with Crippen molar-refractivity contribution in [2.75, 3.05) is 13.1 Å². The highest BCUT2D eigenvalue weighted by molar-refractivity contribution is 5.78. The van der Waals surface area contributed by atoms with E-state index in [1.807, 2.05) is 18.2 Å². The predicted molar refractivity (Wildman–Crippen MR) is 114 cm³/mol. The van der Waals surface area contributed by atoms with Crippen molar-refractivity contribution in [1.29, 1.82) is 0 Å². The minimum Gasteiger partial charge on any atom is -0.355 e. The Hall–Kier alpha value is -2.99. The molecule has 0 bridgehead atoms. The molecule has 0 fully saturated rings. The van der Waals surface area contributed by atoms with E-state index in [1.54, 1.807) is 6.07 Å². The highest BCUT2D eigenvalue weighted by Gasteiger charge is 2.20. The van der Waals surface area contributed by atoms with Crippen LogP contribution in [-0.2, 0) is 24.2 Å². The largest absolute Gasteiger partial charge is 0.355 e. The molecule has 6 nitrogen and oxygen atoms in total. The molecule has 0 spiro atoms. The summed E-state index contributed by atoms with van der Waals surface area (Å²) in [6.45, 7) is 4.70. The topological polar surface area (TPSA) is 78.1 Å². The van der Waals surface area contributed by atoms with Gasteiger partial charge in [0.2, 0.25) is 5.91 Å². The zero-order valence-corrected chi connectivity index (χ0v) is 16.6. The Morgan fingerprint density at radius 2 is 1.93 bits per heavy atom. The first-order chi connectivity index (χ1) is 14.1. The number of aromatic amines is 1. The molecule has 2 N–H and O–H groups in total. The summed E-state index contributed by atoms with van der Waals surface area (Å²) in [4.78, 5) is 34.1. The second-order valence-corrected chi connectivity index (χ2v) is 7.67. The van der Waals surface area contributed by atoms with Gasteiger partial charge in [-0.05, 0) is 36.6 Å². The van der Waals surface area contributed by atoms with Gasteiger partial charge < -0.3 is 10.3 Å². The number of aryl methyl sites for hydroxylation is 1. The van der Waals surface area contributed by atoms with Crippen LogP contribution >= 0.6 is 0 Å². The van der Waals surface area contributed by atoms with Gasteiger partial charge in [0.15, 0.2) is 0 Å². The van der Waals surface area contributed by atoms with E-state index in [1.165, 1.54) is 11.1 Å². The lowest BCUT2D eigenvalue weighted by atomic mass is 9.99. The lowest BCUT2D eigenvalue weighted by Crippen LogP contribution is -2.44. The molecule has 150 valence electrons. The van der Waals surface area contributed by atoms with Crippen molar-refractivity contribution >= 4 is 16.8 Å². The monoisotopic (exact) mass is 390 g/mol. The van der Waals surface area contributed by atoms with Crippen LogP contribution in [0.1, 0.15) is 30.3 Å². The number of rotatable bonds is 6. The van der Waals surface area contributed by atoms with E-state index < -0.39 is 0 Å². The minimum atomic E-state index is -0.162. The number of hydrogen-bond acceptors (Lipinski definition) is 4. The molecule has 1 aliphatic heterocycles. The van der Waals surface area contributed by atoms with Gasteiger partial charge in [-0.3, -0.25) is 14.5 Å². The Morgan fingerprint density at radius 1 is 1.17 bits per heavy atom. The summed E-state index contributed by atoms with van der Waals surface area (Å²) in [5, 5.41) is 3.59. The van der Waals surface area contributed by atoms with Gasteiger partial charge in [0.25, 0.3) is 5.56 Å². The Balaban J connectivity index is 1.28. The number of benzene rings is 2. The van der Waals surface area contributed by atoms with Crippen LogP contribution in [0.25, 0.3) is 10.9 Å². The van der Waals surface area contributed by atoms with Crippen LogP contribution in [0.2, 0.25) is 0 Å². The first-order valence-electron chi connectivity index (χ1n) is 10.2. The van der Waals surface area contributed by atoms with Crippen LogP contribution in [0.5, 0.6) is 0 Å². The summed E-state index contributed by atoms with van der Waals surface area (Å²) in [7, 11) is 0. The van der Waals surface area contributed by atoms with E-state index in [2.05, 4.69) is 51.4 Å². The molecule has 1 amide bonds. The van der Waals surface area contributed by atoms with Crippen molar-refractivity contribution < 1.29 is 4.79 Å². The quantitative estimate of drug-likeness (QED) is 0.678. The van der Waals surface area contributed by atoms with E-state index in [4.69, 9.17) is 0 Å². The normalized spacial score (nSPS) is 15.1. The highest BCUT2D eigenvalue weighted by Crippen LogP contribution is 2.20. The van der Waals surface area contributed by atoms with Crippen LogP contribution in [0, 0.1) is 0 Å². The van der Waals surface area contributed by atoms with Crippen LogP contribution in [0.4, 0.5) is 0 Å². The number of carbonyl (C=O) groups excluding carboxylic acids is 1. The number of carbonyl (C=O) groups is 1. The third kappa shape index (κ3) is 4.54. The van der Waals surface area contributed by atoms with Crippen molar-refractivity contribution in [2.24, 2.45) is 0 Å². The number of nitrogens with one attached hydrogen (secondary N) is 2. The zero-order chi connectivity index (χ0) is 20.2. The molecule has 0 aliphatic carbocycles. The number of amides is 1. The number of para-hydroxylation sites is 1. The van der Waals surface area contributed by atoms with E-state index in [-0.39, 0.29) is 17.5 Å². The summed E-state index contributed by atoms with van der Waals surface area (Å²) in [5.74, 6) is 0.523. The average molecular weight is 390 g/mol. The lowest BCUT2D eigenvalue weighted by molar-refractivity contribution is -0.121. The van der Waals surface area contributed by atoms with E-state index >= 15 is 0 Å². The van der Waals surface area contributed by atoms with Crippen LogP contribution in [-0.4, -0.2) is 39.9 Å². The van der Waals surface area contributed by atoms with Crippen molar-refractivity contribution in [3.63, 3.8) is 0 Å². The second-order valence-electron chi connectivity index (χ2n) is 7.67. The number of nitrogens with zero attached hydrogens (tertiary/aromatic N) is 2. The number of fused-ring (bicyclic) bond motifs is 2. The molecule has 2 aromatic carbocycles. The third-order valence-electron chi connectivity index (χ3n) is 5.63. The first-order valence-corrected chi connectivity index (χ1v) is 10.2. The standard InChI is InChI=1S/C23H26N4O2/c1-16(27-13-12-17-6-2-3-7-18(17)15-27)14-24-22(28)11-10-21-25-20-9-5-4-8-19(20)23(29)26-21/h2-9,16H,10-15H2,1H3,(H,24,28)(H,25,26,29). The second kappa shape index (κ2) is 8.57. The lowest BCUT2D eigenvalue weighted by Gasteiger charge is -2.33. The SMILES string of the molecule is CC(CNC(=O)CCc1nc2ccccc2c(=O)[nH]1)N1CCc2ccccc2C1. The van der Waals surface area contributed by atoms with Crippen LogP contribution in [0.15, 0.2) is 53.3 Å². The van der Waals surface area contributed by atoms with Crippen LogP contribution < -0.4 is 10.9 Å². The van der Waals surface area contributed by atoms with Gasteiger partial charge in [-0.1, -0.05) is 36.4 Å². The third-order valence-corrected chi connectivity index (χ3v) is 5.63. The van der Waals surface area contributed by atoms with E-state index in [0.717, 1.165) is 19.5 Å². The van der Waals surface area contributed by atoms with Gasteiger partial charge in [0.05, 0.1) is 10.9 Å². The first kappa shape index (κ1) is 19.3. The summed E-state index contributed by atoms with van der Waals surface area (Å²) < 4.78 is 0. The maximum absolute atomic E-state index is 12.3. The maximum Gasteiger partial charge on any atom is 0.258 e. The Labute approximate surface area is 170 Å². The molecule has 2 heterocycles. The van der Waals surface area contributed by atoms with E-state index in [0.29, 0.717) is 36.1 Å². The summed E-state index contributed by atoms with van der Waals surface area (Å²) in [5.41, 5.74) is 3.30. The van der Waals surface area contributed by atoms with Crippen molar-refractivity contribution in [3.05, 3.63) is 75.8 Å². The smallest absolute Gasteiger partial charge is 0.258 e. The predicted octanol–water partition coefficient (Wildman–Crippen LogP) is 2.42. The average Bonchev–Trinajstić information content (AvgIpc) is 2.75. The number of aromatic nitrogens is 2. The molecule has 1 unspecified atom stereocenters. The van der Waals surface area contributed by atoms with Gasteiger partial charge in [-0.2, -0.15) is 0 Å². The zero-order valence-electron chi connectivity index (χ0n) is 16.6. The summed E-state index contributed by atoms with van der Waals surface area (Å²) in [6, 6.07) is 16.1. The van der Waals surface area contributed by atoms with Gasteiger partial charge in [-0.15, -0.1) is 0 Å². The fraction of sp³-hybridized carbons (Fsp3) is 0.348. The molecule has 1 aromatic heterocycles. The van der Waals surface area contributed by atoms with Gasteiger partial charge >= 0.3 is 0 Å². The fourth-order valence-electron chi connectivity index (χ4n) is 3.86. The summed E-state index contributed by atoms with van der Waals surface area (Å²) >= 11 is 0.